The highest BCUT2D eigenvalue weighted by Gasteiger charge is 2.25. The van der Waals surface area contributed by atoms with Gasteiger partial charge in [-0.25, -0.2) is 0 Å². The van der Waals surface area contributed by atoms with Crippen molar-refractivity contribution in [3.63, 3.8) is 0 Å². The summed E-state index contributed by atoms with van der Waals surface area (Å²) in [5.74, 6) is -0.207. The maximum absolute atomic E-state index is 13.6. The number of nitrogens with one attached hydrogen (secondary N) is 2. The lowest BCUT2D eigenvalue weighted by atomic mass is 10.0. The zero-order chi connectivity index (χ0) is 27.6. The summed E-state index contributed by atoms with van der Waals surface area (Å²) in [4.78, 5) is 31.4. The number of rotatable bonds is 7. The van der Waals surface area contributed by atoms with Crippen LogP contribution >= 0.6 is 0 Å². The van der Waals surface area contributed by atoms with Crippen molar-refractivity contribution in [2.24, 2.45) is 0 Å². The summed E-state index contributed by atoms with van der Waals surface area (Å²) >= 11 is 0. The van der Waals surface area contributed by atoms with E-state index in [9.17, 15) is 9.59 Å². The lowest BCUT2D eigenvalue weighted by Gasteiger charge is -2.26. The third-order valence-corrected chi connectivity index (χ3v) is 8.31. The molecule has 1 aliphatic heterocycles. The van der Waals surface area contributed by atoms with Gasteiger partial charge >= 0.3 is 0 Å². The minimum absolute atomic E-state index is 0.164. The number of pyridine rings is 1. The van der Waals surface area contributed by atoms with E-state index < -0.39 is 0 Å². The van der Waals surface area contributed by atoms with E-state index in [1.165, 1.54) is 18.4 Å². The maximum atomic E-state index is 13.6. The lowest BCUT2D eigenvalue weighted by molar-refractivity contribution is 0.0342. The van der Waals surface area contributed by atoms with Gasteiger partial charge < -0.3 is 15.0 Å². The van der Waals surface area contributed by atoms with Crippen molar-refractivity contribution in [3.05, 3.63) is 86.8 Å². The number of nitrogens with zero attached hydrogens (tertiary/aromatic N) is 3. The van der Waals surface area contributed by atoms with E-state index in [2.05, 4.69) is 50.2 Å². The van der Waals surface area contributed by atoms with Crippen LogP contribution in [0.3, 0.4) is 0 Å². The summed E-state index contributed by atoms with van der Waals surface area (Å²) in [6.07, 6.45) is 4.59. The molecule has 8 heteroatoms. The van der Waals surface area contributed by atoms with E-state index >= 15 is 0 Å². The first kappa shape index (κ1) is 26.5. The summed E-state index contributed by atoms with van der Waals surface area (Å²) in [6, 6.07) is 16.7. The molecule has 2 N–H and O–H groups in total. The first-order chi connectivity index (χ1) is 19.5. The number of amides is 1. The van der Waals surface area contributed by atoms with Crippen LogP contribution in [0.5, 0.6) is 0 Å². The molecular formula is C32H37N5O3. The zero-order valence-electron chi connectivity index (χ0n) is 23.3. The Morgan fingerprint density at radius 2 is 1.82 bits per heavy atom. The number of ether oxygens (including phenoxy) is 1. The molecule has 208 valence electrons. The van der Waals surface area contributed by atoms with Crippen LogP contribution in [-0.4, -0.2) is 51.9 Å². The molecule has 1 amide bonds. The monoisotopic (exact) mass is 539 g/mol. The molecule has 3 heterocycles. The third-order valence-electron chi connectivity index (χ3n) is 8.31. The van der Waals surface area contributed by atoms with Crippen molar-refractivity contribution in [1.29, 1.82) is 0 Å². The minimum atomic E-state index is -0.207. The summed E-state index contributed by atoms with van der Waals surface area (Å²) in [5.41, 5.74) is 6.72. The Bertz CT molecular complexity index is 1570. The van der Waals surface area contributed by atoms with Gasteiger partial charge in [0.05, 0.1) is 30.3 Å². The number of aromatic amines is 1. The smallest absolute Gasteiger partial charge is 0.253 e. The van der Waals surface area contributed by atoms with Gasteiger partial charge in [-0.2, -0.15) is 5.10 Å². The molecule has 40 heavy (non-hydrogen) atoms. The molecule has 8 nitrogen and oxygen atoms in total. The molecule has 4 aromatic rings. The summed E-state index contributed by atoms with van der Waals surface area (Å²) in [6.45, 7) is 8.28. The van der Waals surface area contributed by atoms with Crippen molar-refractivity contribution >= 4 is 16.8 Å². The average Bonchev–Trinajstić information content (AvgIpc) is 3.62. The summed E-state index contributed by atoms with van der Waals surface area (Å²) in [5, 5.41) is 9.01. The Balaban J connectivity index is 1.34. The van der Waals surface area contributed by atoms with Crippen LogP contribution in [0.2, 0.25) is 0 Å². The number of carbonyl (C=O) groups is 1. The SMILES string of the molecule is Cc1cc(C)c(CNC(=O)c2cccc3c2c(-c2ccc(CN4CCOCC4)cc2)nn3C2CCCC2)c(=O)[nH]1. The van der Waals surface area contributed by atoms with Crippen LogP contribution in [0.4, 0.5) is 0 Å². The minimum Gasteiger partial charge on any atom is -0.379 e. The van der Waals surface area contributed by atoms with E-state index in [0.717, 1.165) is 79.1 Å². The Hall–Kier alpha value is -3.75. The van der Waals surface area contributed by atoms with Gasteiger partial charge in [-0.05, 0) is 56.0 Å². The second kappa shape index (κ2) is 11.4. The molecular weight excluding hydrogens is 502 g/mol. The molecule has 0 bridgehead atoms. The highest BCUT2D eigenvalue weighted by molar-refractivity contribution is 6.11. The van der Waals surface area contributed by atoms with Crippen molar-refractivity contribution < 1.29 is 9.53 Å². The number of aryl methyl sites for hydroxylation is 2. The standard InChI is InChI=1S/C32H37N5O3/c1-21-18-22(2)34-32(39)27(21)19-33-31(38)26-8-5-9-28-29(26)30(35-37(28)25-6-3-4-7-25)24-12-10-23(11-13-24)20-36-14-16-40-17-15-36/h5,8-13,18,25H,3-4,6-7,14-17,19-20H2,1-2H3,(H,33,38)(H,34,39). The predicted octanol–water partition coefficient (Wildman–Crippen LogP) is 4.89. The first-order valence-electron chi connectivity index (χ1n) is 14.4. The number of aromatic nitrogens is 3. The topological polar surface area (TPSA) is 92.2 Å². The number of fused-ring (bicyclic) bond motifs is 1. The first-order valence-corrected chi connectivity index (χ1v) is 14.4. The fraction of sp³-hybridized carbons (Fsp3) is 0.406. The van der Waals surface area contributed by atoms with Gasteiger partial charge in [0.1, 0.15) is 5.69 Å². The summed E-state index contributed by atoms with van der Waals surface area (Å²) < 4.78 is 7.63. The van der Waals surface area contributed by atoms with Gasteiger partial charge in [-0.1, -0.05) is 43.2 Å². The van der Waals surface area contributed by atoms with Gasteiger partial charge in [0.2, 0.25) is 0 Å². The van der Waals surface area contributed by atoms with Gasteiger partial charge in [0.15, 0.2) is 0 Å². The van der Waals surface area contributed by atoms with E-state index in [0.29, 0.717) is 17.2 Å². The number of morpholine rings is 1. The molecule has 1 aliphatic carbocycles. The second-order valence-corrected chi connectivity index (χ2v) is 11.1. The molecule has 2 aromatic heterocycles. The maximum Gasteiger partial charge on any atom is 0.253 e. The third kappa shape index (κ3) is 5.33. The van der Waals surface area contributed by atoms with Crippen LogP contribution in [0.25, 0.3) is 22.2 Å². The fourth-order valence-electron chi connectivity index (χ4n) is 6.16. The molecule has 2 aromatic carbocycles. The molecule has 1 saturated heterocycles. The fourth-order valence-corrected chi connectivity index (χ4v) is 6.16. The number of hydrogen-bond acceptors (Lipinski definition) is 5. The van der Waals surface area contributed by atoms with Gasteiger partial charge in [-0.3, -0.25) is 19.2 Å². The van der Waals surface area contributed by atoms with E-state index in [1.807, 2.05) is 32.0 Å². The molecule has 0 atom stereocenters. The number of carbonyl (C=O) groups excluding carboxylic acids is 1. The second-order valence-electron chi connectivity index (χ2n) is 11.1. The van der Waals surface area contributed by atoms with E-state index in [4.69, 9.17) is 9.84 Å². The molecule has 0 radical (unpaired) electrons. The van der Waals surface area contributed by atoms with Crippen molar-refractivity contribution in [1.82, 2.24) is 25.0 Å². The van der Waals surface area contributed by atoms with E-state index in [-0.39, 0.29) is 18.0 Å². The molecule has 2 aliphatic rings. The van der Waals surface area contributed by atoms with Gasteiger partial charge in [-0.15, -0.1) is 0 Å². The summed E-state index contributed by atoms with van der Waals surface area (Å²) in [7, 11) is 0. The van der Waals surface area contributed by atoms with Crippen LogP contribution < -0.4 is 10.9 Å². The molecule has 1 saturated carbocycles. The predicted molar refractivity (Wildman–Crippen MR) is 156 cm³/mol. The van der Waals surface area contributed by atoms with Crippen molar-refractivity contribution in [2.45, 2.75) is 58.7 Å². The molecule has 0 unspecified atom stereocenters. The Morgan fingerprint density at radius 1 is 1.07 bits per heavy atom. The molecule has 2 fully saturated rings. The quantitative estimate of drug-likeness (QED) is 0.349. The molecule has 6 rings (SSSR count). The van der Waals surface area contributed by atoms with Gasteiger partial charge in [0.25, 0.3) is 11.5 Å². The van der Waals surface area contributed by atoms with Crippen LogP contribution in [-0.2, 0) is 17.8 Å². The number of hydrogen-bond donors (Lipinski definition) is 2. The normalized spacial score (nSPS) is 16.6. The number of benzene rings is 2. The zero-order valence-corrected chi connectivity index (χ0v) is 23.3. The van der Waals surface area contributed by atoms with Gasteiger partial charge in [0, 0.05) is 48.4 Å². The average molecular weight is 540 g/mol. The molecule has 0 spiro atoms. The Kier molecular flexibility index (Phi) is 7.54. The van der Waals surface area contributed by atoms with E-state index in [1.54, 1.807) is 0 Å². The van der Waals surface area contributed by atoms with Crippen LogP contribution in [0.1, 0.15) is 64.5 Å². The highest BCUT2D eigenvalue weighted by Crippen LogP contribution is 2.37. The number of H-pyrrole nitrogens is 1. The van der Waals surface area contributed by atoms with Crippen LogP contribution in [0, 0.1) is 13.8 Å². The largest absolute Gasteiger partial charge is 0.379 e. The Labute approximate surface area is 234 Å². The highest BCUT2D eigenvalue weighted by atomic mass is 16.5. The van der Waals surface area contributed by atoms with Crippen molar-refractivity contribution in [2.75, 3.05) is 26.3 Å². The van der Waals surface area contributed by atoms with Crippen molar-refractivity contribution in [3.8, 4) is 11.3 Å². The Morgan fingerprint density at radius 3 is 2.55 bits per heavy atom. The van der Waals surface area contributed by atoms with Crippen LogP contribution in [0.15, 0.2) is 53.3 Å². The lowest BCUT2D eigenvalue weighted by Crippen LogP contribution is -2.35.